The topological polar surface area (TPSA) is 75.5 Å². The first-order valence-corrected chi connectivity index (χ1v) is 10.3. The number of aromatic nitrogens is 2. The van der Waals surface area contributed by atoms with Gasteiger partial charge in [-0.1, -0.05) is 30.3 Å². The standard InChI is InChI=1S/C25H22N4O2/c1-16-7-12-23-26-14-22(29(23)15-16)25(31)28-21-11-9-17-13-18(8-10-20(17)21)24(30)27-19-5-3-2-4-6-19/h2-8,10,12-15,21H,9,11H2,1H3,(H,27,30)(H,28,31)/t21-/m1/s1. The van der Waals surface area contributed by atoms with Crippen molar-refractivity contribution >= 4 is 23.1 Å². The predicted octanol–water partition coefficient (Wildman–Crippen LogP) is 4.31. The van der Waals surface area contributed by atoms with Crippen molar-refractivity contribution in [3.05, 3.63) is 101 Å². The number of hydrogen-bond acceptors (Lipinski definition) is 3. The maximum Gasteiger partial charge on any atom is 0.270 e. The summed E-state index contributed by atoms with van der Waals surface area (Å²) in [4.78, 5) is 29.9. The third kappa shape index (κ3) is 3.68. The Morgan fingerprint density at radius 3 is 2.71 bits per heavy atom. The fraction of sp³-hybridized carbons (Fsp3) is 0.160. The second-order valence-corrected chi connectivity index (χ2v) is 7.88. The number of anilines is 1. The Hall–Kier alpha value is -3.93. The van der Waals surface area contributed by atoms with E-state index in [9.17, 15) is 9.59 Å². The Kier molecular flexibility index (Phi) is 4.75. The van der Waals surface area contributed by atoms with Crippen molar-refractivity contribution in [2.45, 2.75) is 25.8 Å². The van der Waals surface area contributed by atoms with Crippen LogP contribution in [0.1, 0.15) is 50.0 Å². The van der Waals surface area contributed by atoms with Crippen molar-refractivity contribution in [1.29, 1.82) is 0 Å². The molecule has 0 unspecified atom stereocenters. The zero-order valence-electron chi connectivity index (χ0n) is 17.1. The molecule has 6 heteroatoms. The van der Waals surface area contributed by atoms with Crippen molar-refractivity contribution < 1.29 is 9.59 Å². The van der Waals surface area contributed by atoms with Crippen molar-refractivity contribution in [1.82, 2.24) is 14.7 Å². The second-order valence-electron chi connectivity index (χ2n) is 7.88. The molecular weight excluding hydrogens is 388 g/mol. The van der Waals surface area contributed by atoms with Gasteiger partial charge in [0.1, 0.15) is 11.3 Å². The molecule has 0 saturated carbocycles. The molecule has 4 aromatic rings. The number of hydrogen-bond donors (Lipinski definition) is 2. The van der Waals surface area contributed by atoms with Gasteiger partial charge in [0, 0.05) is 17.4 Å². The molecule has 0 bridgehead atoms. The number of benzene rings is 2. The Bertz CT molecular complexity index is 1290. The number of imidazole rings is 1. The van der Waals surface area contributed by atoms with E-state index >= 15 is 0 Å². The van der Waals surface area contributed by atoms with Crippen molar-refractivity contribution in [2.75, 3.05) is 5.32 Å². The van der Waals surface area contributed by atoms with E-state index in [-0.39, 0.29) is 17.9 Å². The summed E-state index contributed by atoms with van der Waals surface area (Å²) < 4.78 is 1.82. The highest BCUT2D eigenvalue weighted by molar-refractivity contribution is 6.04. The van der Waals surface area contributed by atoms with Gasteiger partial charge in [-0.25, -0.2) is 4.98 Å². The highest BCUT2D eigenvalue weighted by atomic mass is 16.2. The SMILES string of the molecule is Cc1ccc2ncc(C(=O)N[C@@H]3CCc4cc(C(=O)Nc5ccccc5)ccc43)n2c1. The maximum absolute atomic E-state index is 12.9. The molecule has 154 valence electrons. The first-order valence-electron chi connectivity index (χ1n) is 10.3. The average Bonchev–Trinajstić information content (AvgIpc) is 3.38. The summed E-state index contributed by atoms with van der Waals surface area (Å²) in [7, 11) is 0. The smallest absolute Gasteiger partial charge is 0.270 e. The maximum atomic E-state index is 12.9. The first kappa shape index (κ1) is 19.1. The van der Waals surface area contributed by atoms with Crippen molar-refractivity contribution in [2.24, 2.45) is 0 Å². The van der Waals surface area contributed by atoms with Gasteiger partial charge in [0.2, 0.25) is 0 Å². The van der Waals surface area contributed by atoms with Gasteiger partial charge in [0.15, 0.2) is 0 Å². The predicted molar refractivity (Wildman–Crippen MR) is 119 cm³/mol. The summed E-state index contributed by atoms with van der Waals surface area (Å²) in [5, 5.41) is 6.05. The van der Waals surface area contributed by atoms with Gasteiger partial charge in [0.05, 0.1) is 12.2 Å². The van der Waals surface area contributed by atoms with Gasteiger partial charge >= 0.3 is 0 Å². The van der Waals surface area contributed by atoms with Crippen molar-refractivity contribution in [3.63, 3.8) is 0 Å². The van der Waals surface area contributed by atoms with Crippen LogP contribution < -0.4 is 10.6 Å². The lowest BCUT2D eigenvalue weighted by molar-refractivity contribution is 0.0930. The number of aryl methyl sites for hydroxylation is 2. The van der Waals surface area contributed by atoms with E-state index in [0.717, 1.165) is 40.9 Å². The largest absolute Gasteiger partial charge is 0.344 e. The lowest BCUT2D eigenvalue weighted by Crippen LogP contribution is -2.28. The first-order chi connectivity index (χ1) is 15.1. The molecule has 1 aliphatic carbocycles. The Balaban J connectivity index is 1.33. The number of rotatable bonds is 4. The minimum absolute atomic E-state index is 0.0795. The molecule has 2 aromatic carbocycles. The average molecular weight is 410 g/mol. The van der Waals surface area contributed by atoms with Crippen LogP contribution in [0.25, 0.3) is 5.65 Å². The third-order valence-electron chi connectivity index (χ3n) is 5.71. The molecule has 0 fully saturated rings. The molecule has 5 rings (SSSR count). The summed E-state index contributed by atoms with van der Waals surface area (Å²) in [6.07, 6.45) is 5.15. The van der Waals surface area contributed by atoms with Gasteiger partial charge in [-0.3, -0.25) is 14.0 Å². The van der Waals surface area contributed by atoms with Crippen LogP contribution >= 0.6 is 0 Å². The number of fused-ring (bicyclic) bond motifs is 2. The van der Waals surface area contributed by atoms with Crippen LogP contribution in [0.15, 0.2) is 73.1 Å². The Morgan fingerprint density at radius 2 is 1.87 bits per heavy atom. The monoisotopic (exact) mass is 410 g/mol. The molecule has 1 aliphatic rings. The summed E-state index contributed by atoms with van der Waals surface area (Å²) in [6.45, 7) is 1.99. The zero-order valence-corrected chi connectivity index (χ0v) is 17.1. The second kappa shape index (κ2) is 7.72. The molecule has 2 heterocycles. The number of para-hydroxylation sites is 1. The summed E-state index contributed by atoms with van der Waals surface area (Å²) >= 11 is 0. The summed E-state index contributed by atoms with van der Waals surface area (Å²) in [6, 6.07) is 18.9. The lowest BCUT2D eigenvalue weighted by atomic mass is 10.0. The molecule has 6 nitrogen and oxygen atoms in total. The number of nitrogens with zero attached hydrogens (tertiary/aromatic N) is 2. The van der Waals surface area contributed by atoms with Crippen LogP contribution in [0.2, 0.25) is 0 Å². The van der Waals surface area contributed by atoms with E-state index in [1.165, 1.54) is 0 Å². The summed E-state index contributed by atoms with van der Waals surface area (Å²) in [5.41, 5.74) is 5.87. The number of carbonyl (C=O) groups excluding carboxylic acids is 2. The highest BCUT2D eigenvalue weighted by Crippen LogP contribution is 2.32. The molecule has 2 aromatic heterocycles. The lowest BCUT2D eigenvalue weighted by Gasteiger charge is -2.14. The Labute approximate surface area is 179 Å². The fourth-order valence-electron chi connectivity index (χ4n) is 4.12. The van der Waals surface area contributed by atoms with E-state index in [1.54, 1.807) is 6.20 Å². The van der Waals surface area contributed by atoms with E-state index in [4.69, 9.17) is 0 Å². The van der Waals surface area contributed by atoms with Gasteiger partial charge in [-0.2, -0.15) is 0 Å². The Morgan fingerprint density at radius 1 is 1.03 bits per heavy atom. The molecule has 2 N–H and O–H groups in total. The zero-order chi connectivity index (χ0) is 21.4. The van der Waals surface area contributed by atoms with Gasteiger partial charge in [0.25, 0.3) is 11.8 Å². The molecule has 1 atom stereocenters. The minimum Gasteiger partial charge on any atom is -0.344 e. The molecule has 0 aliphatic heterocycles. The van der Waals surface area contributed by atoms with E-state index in [0.29, 0.717) is 11.3 Å². The van der Waals surface area contributed by atoms with Crippen LogP contribution in [0.3, 0.4) is 0 Å². The van der Waals surface area contributed by atoms with Crippen LogP contribution in [-0.2, 0) is 6.42 Å². The van der Waals surface area contributed by atoms with Gasteiger partial charge in [-0.05, 0) is 66.8 Å². The quantitative estimate of drug-likeness (QED) is 0.526. The molecule has 0 spiro atoms. The van der Waals surface area contributed by atoms with Crippen LogP contribution in [0.5, 0.6) is 0 Å². The van der Waals surface area contributed by atoms with E-state index in [2.05, 4.69) is 15.6 Å². The third-order valence-corrected chi connectivity index (χ3v) is 5.71. The molecule has 0 saturated heterocycles. The van der Waals surface area contributed by atoms with Gasteiger partial charge in [-0.15, -0.1) is 0 Å². The molecule has 0 radical (unpaired) electrons. The summed E-state index contributed by atoms with van der Waals surface area (Å²) in [5.74, 6) is -0.288. The van der Waals surface area contributed by atoms with Crippen molar-refractivity contribution in [3.8, 4) is 0 Å². The normalized spacial score (nSPS) is 14.9. The van der Waals surface area contributed by atoms with Crippen LogP contribution in [0, 0.1) is 6.92 Å². The van der Waals surface area contributed by atoms with E-state index in [1.807, 2.05) is 78.2 Å². The number of pyridine rings is 1. The highest BCUT2D eigenvalue weighted by Gasteiger charge is 2.26. The van der Waals surface area contributed by atoms with Crippen LogP contribution in [-0.4, -0.2) is 21.2 Å². The van der Waals surface area contributed by atoms with Gasteiger partial charge < -0.3 is 10.6 Å². The minimum atomic E-state index is -0.151. The van der Waals surface area contributed by atoms with E-state index < -0.39 is 0 Å². The van der Waals surface area contributed by atoms with Crippen LogP contribution in [0.4, 0.5) is 5.69 Å². The fourth-order valence-corrected chi connectivity index (χ4v) is 4.12. The molecule has 2 amide bonds. The number of carbonyl (C=O) groups is 2. The number of amides is 2. The molecule has 31 heavy (non-hydrogen) atoms. The molecular formula is C25H22N4O2. The number of nitrogens with one attached hydrogen (secondary N) is 2.